The average Bonchev–Trinajstić information content (AvgIpc) is 2.14. The smallest absolute Gasteiger partial charge is 0.125 e. The summed E-state index contributed by atoms with van der Waals surface area (Å²) in [4.78, 5) is 1.98. The van der Waals surface area contributed by atoms with E-state index in [1.54, 1.807) is 6.07 Å². The van der Waals surface area contributed by atoms with Gasteiger partial charge in [0.2, 0.25) is 0 Å². The van der Waals surface area contributed by atoms with Gasteiger partial charge in [0.15, 0.2) is 0 Å². The lowest BCUT2D eigenvalue weighted by Gasteiger charge is -2.29. The van der Waals surface area contributed by atoms with Crippen molar-refractivity contribution in [2.45, 2.75) is 19.8 Å². The summed E-state index contributed by atoms with van der Waals surface area (Å²) in [6, 6.07) is 5.00. The molecule has 0 radical (unpaired) electrons. The summed E-state index contributed by atoms with van der Waals surface area (Å²) in [6.07, 6.45) is 2.06. The second-order valence-electron chi connectivity index (χ2n) is 3.91. The SMILES string of the molecule is CC1=CN(C)c2cc(F)ccc2C1C. The molecule has 1 aromatic rings. The van der Waals surface area contributed by atoms with Gasteiger partial charge in [-0.25, -0.2) is 4.39 Å². The number of nitrogens with zero attached hydrogens (tertiary/aromatic N) is 1. The molecule has 0 saturated carbocycles. The predicted molar refractivity (Wildman–Crippen MR) is 57.0 cm³/mol. The van der Waals surface area contributed by atoms with Gasteiger partial charge in [-0.05, 0) is 30.2 Å². The highest BCUT2D eigenvalue weighted by atomic mass is 19.1. The van der Waals surface area contributed by atoms with Crippen molar-refractivity contribution in [1.29, 1.82) is 0 Å². The number of fused-ring (bicyclic) bond motifs is 1. The van der Waals surface area contributed by atoms with E-state index in [9.17, 15) is 4.39 Å². The zero-order valence-corrected chi connectivity index (χ0v) is 8.71. The van der Waals surface area contributed by atoms with Crippen LogP contribution >= 0.6 is 0 Å². The normalized spacial score (nSPS) is 20.4. The third-order valence-corrected chi connectivity index (χ3v) is 2.92. The summed E-state index contributed by atoms with van der Waals surface area (Å²) in [5, 5.41) is 0. The molecular formula is C12H14FN. The van der Waals surface area contributed by atoms with Gasteiger partial charge >= 0.3 is 0 Å². The Morgan fingerprint density at radius 1 is 1.36 bits per heavy atom. The highest BCUT2D eigenvalue weighted by molar-refractivity contribution is 5.61. The minimum Gasteiger partial charge on any atom is -0.351 e. The van der Waals surface area contributed by atoms with Crippen molar-refractivity contribution in [3.05, 3.63) is 41.4 Å². The molecule has 1 nitrogen and oxygen atoms in total. The Bertz CT molecular complexity index is 395. The topological polar surface area (TPSA) is 3.24 Å². The maximum atomic E-state index is 13.0. The molecule has 0 aliphatic carbocycles. The van der Waals surface area contributed by atoms with E-state index in [-0.39, 0.29) is 5.82 Å². The minimum atomic E-state index is -0.171. The van der Waals surface area contributed by atoms with Crippen LogP contribution in [-0.2, 0) is 0 Å². The van der Waals surface area contributed by atoms with Crippen molar-refractivity contribution in [1.82, 2.24) is 0 Å². The maximum Gasteiger partial charge on any atom is 0.125 e. The summed E-state index contributed by atoms with van der Waals surface area (Å²) in [6.45, 7) is 4.25. The molecule has 1 aliphatic heterocycles. The lowest BCUT2D eigenvalue weighted by molar-refractivity contribution is 0.626. The molecule has 1 atom stereocenters. The van der Waals surface area contributed by atoms with Crippen LogP contribution in [0.3, 0.4) is 0 Å². The van der Waals surface area contributed by atoms with Gasteiger partial charge < -0.3 is 4.90 Å². The molecule has 2 rings (SSSR count). The van der Waals surface area contributed by atoms with E-state index in [0.717, 1.165) is 5.69 Å². The van der Waals surface area contributed by atoms with Crippen LogP contribution in [0.2, 0.25) is 0 Å². The van der Waals surface area contributed by atoms with Gasteiger partial charge in [-0.1, -0.05) is 13.0 Å². The van der Waals surface area contributed by atoms with Crippen LogP contribution in [0.4, 0.5) is 10.1 Å². The van der Waals surface area contributed by atoms with E-state index in [2.05, 4.69) is 20.0 Å². The number of allylic oxidation sites excluding steroid dienone is 1. The van der Waals surface area contributed by atoms with Crippen LogP contribution in [-0.4, -0.2) is 7.05 Å². The van der Waals surface area contributed by atoms with Crippen LogP contribution in [0.15, 0.2) is 30.0 Å². The quantitative estimate of drug-likeness (QED) is 0.608. The van der Waals surface area contributed by atoms with E-state index in [1.165, 1.54) is 17.2 Å². The summed E-state index contributed by atoms with van der Waals surface area (Å²) in [5.41, 5.74) is 3.49. The molecule has 74 valence electrons. The number of anilines is 1. The number of hydrogen-bond donors (Lipinski definition) is 0. The number of benzene rings is 1. The second kappa shape index (κ2) is 3.12. The fourth-order valence-electron chi connectivity index (χ4n) is 1.92. The van der Waals surface area contributed by atoms with Crippen molar-refractivity contribution in [2.24, 2.45) is 0 Å². The summed E-state index contributed by atoms with van der Waals surface area (Å²) in [5.74, 6) is 0.220. The van der Waals surface area contributed by atoms with Crippen molar-refractivity contribution in [2.75, 3.05) is 11.9 Å². The maximum absolute atomic E-state index is 13.0. The van der Waals surface area contributed by atoms with Gasteiger partial charge in [-0.15, -0.1) is 0 Å². The molecule has 0 spiro atoms. The van der Waals surface area contributed by atoms with E-state index >= 15 is 0 Å². The third kappa shape index (κ3) is 1.31. The van der Waals surface area contributed by atoms with Gasteiger partial charge in [0.25, 0.3) is 0 Å². The first kappa shape index (κ1) is 9.25. The Kier molecular flexibility index (Phi) is 2.06. The fraction of sp³-hybridized carbons (Fsp3) is 0.333. The number of rotatable bonds is 0. The summed E-state index contributed by atoms with van der Waals surface area (Å²) >= 11 is 0. The van der Waals surface area contributed by atoms with Gasteiger partial charge in [-0.3, -0.25) is 0 Å². The van der Waals surface area contributed by atoms with Crippen LogP contribution in [0.5, 0.6) is 0 Å². The average molecular weight is 191 g/mol. The third-order valence-electron chi connectivity index (χ3n) is 2.92. The molecule has 0 N–H and O–H groups in total. The molecule has 0 bridgehead atoms. The Morgan fingerprint density at radius 3 is 2.79 bits per heavy atom. The van der Waals surface area contributed by atoms with Gasteiger partial charge in [0, 0.05) is 24.9 Å². The van der Waals surface area contributed by atoms with Crippen molar-refractivity contribution < 1.29 is 4.39 Å². The number of hydrogen-bond acceptors (Lipinski definition) is 1. The predicted octanol–water partition coefficient (Wildman–Crippen LogP) is 3.28. The lowest BCUT2D eigenvalue weighted by Crippen LogP contribution is -2.18. The van der Waals surface area contributed by atoms with Gasteiger partial charge in [0.1, 0.15) is 5.82 Å². The molecule has 0 amide bonds. The Hall–Kier alpha value is -1.31. The highest BCUT2D eigenvalue weighted by Gasteiger charge is 2.19. The van der Waals surface area contributed by atoms with E-state index < -0.39 is 0 Å². The first-order chi connectivity index (χ1) is 6.59. The van der Waals surface area contributed by atoms with E-state index in [0.29, 0.717) is 5.92 Å². The van der Waals surface area contributed by atoms with Crippen molar-refractivity contribution in [3.63, 3.8) is 0 Å². The summed E-state index contributed by atoms with van der Waals surface area (Å²) < 4.78 is 13.0. The summed E-state index contributed by atoms with van der Waals surface area (Å²) in [7, 11) is 1.95. The van der Waals surface area contributed by atoms with Gasteiger partial charge in [0.05, 0.1) is 0 Å². The molecule has 1 aliphatic rings. The van der Waals surface area contributed by atoms with Gasteiger partial charge in [-0.2, -0.15) is 0 Å². The molecule has 1 aromatic carbocycles. The molecule has 0 fully saturated rings. The molecule has 1 heterocycles. The fourth-order valence-corrected chi connectivity index (χ4v) is 1.92. The Morgan fingerprint density at radius 2 is 2.07 bits per heavy atom. The largest absolute Gasteiger partial charge is 0.351 e. The van der Waals surface area contributed by atoms with E-state index in [4.69, 9.17) is 0 Å². The monoisotopic (exact) mass is 191 g/mol. The standard InChI is InChI=1S/C12H14FN/c1-8-7-14(3)12-6-10(13)4-5-11(12)9(8)2/h4-7,9H,1-3H3. The lowest BCUT2D eigenvalue weighted by atomic mass is 9.90. The zero-order chi connectivity index (χ0) is 10.3. The molecular weight excluding hydrogens is 177 g/mol. The Labute approximate surface area is 83.9 Å². The minimum absolute atomic E-state index is 0.171. The van der Waals surface area contributed by atoms with Crippen LogP contribution in [0.1, 0.15) is 25.3 Å². The van der Waals surface area contributed by atoms with Crippen LogP contribution in [0.25, 0.3) is 0 Å². The molecule has 0 saturated heterocycles. The first-order valence-corrected chi connectivity index (χ1v) is 4.80. The second-order valence-corrected chi connectivity index (χ2v) is 3.91. The van der Waals surface area contributed by atoms with E-state index in [1.807, 2.05) is 18.0 Å². The number of halogens is 1. The zero-order valence-electron chi connectivity index (χ0n) is 8.71. The molecule has 14 heavy (non-hydrogen) atoms. The van der Waals surface area contributed by atoms with Crippen LogP contribution < -0.4 is 4.90 Å². The van der Waals surface area contributed by atoms with Crippen molar-refractivity contribution >= 4 is 5.69 Å². The molecule has 0 aromatic heterocycles. The first-order valence-electron chi connectivity index (χ1n) is 4.80. The Balaban J connectivity index is 2.57. The van der Waals surface area contributed by atoms with Crippen molar-refractivity contribution in [3.8, 4) is 0 Å². The van der Waals surface area contributed by atoms with Crippen LogP contribution in [0, 0.1) is 5.82 Å². The molecule has 2 heteroatoms. The molecule has 1 unspecified atom stereocenters. The highest BCUT2D eigenvalue weighted by Crippen LogP contribution is 2.36.